The molecular formula is C11H16ClNO3Si. The van der Waals surface area contributed by atoms with Crippen LogP contribution >= 0.6 is 11.6 Å². The Balaban J connectivity index is 2.61. The Morgan fingerprint density at radius 3 is 2.76 bits per heavy atom. The molecule has 0 amide bonds. The van der Waals surface area contributed by atoms with Gasteiger partial charge in [-0.2, -0.15) is 4.73 Å². The standard InChI is InChI=1S/C11H16ClNO3Si/c1-17(2,3)7-6-16-11(14)9-8-13(15)5-4-10(9)12/h4-5,8H,6-7H2,1-3H3. The molecule has 6 heteroatoms. The second kappa shape index (κ2) is 5.51. The number of hydrogen-bond acceptors (Lipinski definition) is 3. The van der Waals surface area contributed by atoms with Crippen LogP contribution in [0.5, 0.6) is 0 Å². The summed E-state index contributed by atoms with van der Waals surface area (Å²) >= 11 is 5.82. The van der Waals surface area contributed by atoms with Gasteiger partial charge < -0.3 is 9.94 Å². The summed E-state index contributed by atoms with van der Waals surface area (Å²) in [5.74, 6) is -0.543. The molecule has 0 radical (unpaired) electrons. The van der Waals surface area contributed by atoms with Crippen LogP contribution in [0.4, 0.5) is 0 Å². The molecule has 0 aromatic carbocycles. The molecular weight excluding hydrogens is 258 g/mol. The normalized spacial score (nSPS) is 11.3. The van der Waals surface area contributed by atoms with Crippen molar-refractivity contribution in [2.75, 3.05) is 6.61 Å². The minimum absolute atomic E-state index is 0.111. The predicted molar refractivity (Wildman–Crippen MR) is 68.8 cm³/mol. The van der Waals surface area contributed by atoms with Gasteiger partial charge in [0.15, 0.2) is 12.4 Å². The van der Waals surface area contributed by atoms with E-state index < -0.39 is 14.0 Å². The van der Waals surface area contributed by atoms with E-state index >= 15 is 0 Å². The Bertz CT molecular complexity index is 418. The Morgan fingerprint density at radius 1 is 1.53 bits per heavy atom. The molecule has 0 fully saturated rings. The summed E-state index contributed by atoms with van der Waals surface area (Å²) in [6, 6.07) is 2.27. The van der Waals surface area contributed by atoms with E-state index in [0.29, 0.717) is 11.3 Å². The number of hydrogen-bond donors (Lipinski definition) is 0. The molecule has 4 nitrogen and oxygen atoms in total. The molecule has 0 aliphatic rings. The summed E-state index contributed by atoms with van der Waals surface area (Å²) in [7, 11) is -1.23. The van der Waals surface area contributed by atoms with Gasteiger partial charge in [-0.05, 0) is 6.04 Å². The average Bonchev–Trinajstić information content (AvgIpc) is 2.19. The molecule has 1 aromatic rings. The second-order valence-corrected chi connectivity index (χ2v) is 11.0. The van der Waals surface area contributed by atoms with E-state index in [4.69, 9.17) is 16.3 Å². The summed E-state index contributed by atoms with van der Waals surface area (Å²) in [5.41, 5.74) is 0.111. The molecule has 17 heavy (non-hydrogen) atoms. The monoisotopic (exact) mass is 273 g/mol. The third kappa shape index (κ3) is 4.75. The molecule has 94 valence electrons. The van der Waals surface area contributed by atoms with Crippen LogP contribution in [-0.2, 0) is 4.74 Å². The highest BCUT2D eigenvalue weighted by molar-refractivity contribution is 6.76. The van der Waals surface area contributed by atoms with Gasteiger partial charge in [0.05, 0.1) is 11.6 Å². The molecule has 1 heterocycles. The minimum atomic E-state index is -1.23. The molecule has 0 spiro atoms. The Labute approximate surface area is 107 Å². The number of nitrogens with zero attached hydrogens (tertiary/aromatic N) is 1. The van der Waals surface area contributed by atoms with Crippen LogP contribution < -0.4 is 4.73 Å². The van der Waals surface area contributed by atoms with E-state index in [1.165, 1.54) is 12.3 Å². The highest BCUT2D eigenvalue weighted by Crippen LogP contribution is 2.15. The molecule has 0 saturated heterocycles. The number of pyridine rings is 1. The first kappa shape index (κ1) is 14.0. The third-order valence-electron chi connectivity index (χ3n) is 2.19. The van der Waals surface area contributed by atoms with Gasteiger partial charge in [-0.25, -0.2) is 4.79 Å². The molecule has 0 atom stereocenters. The smallest absolute Gasteiger partial charge is 0.345 e. The van der Waals surface area contributed by atoms with Crippen LogP contribution in [0, 0.1) is 5.21 Å². The fourth-order valence-electron chi connectivity index (χ4n) is 1.14. The van der Waals surface area contributed by atoms with E-state index in [1.54, 1.807) is 0 Å². The first-order chi connectivity index (χ1) is 7.79. The van der Waals surface area contributed by atoms with Gasteiger partial charge in [-0.1, -0.05) is 31.2 Å². The summed E-state index contributed by atoms with van der Waals surface area (Å²) in [4.78, 5) is 11.7. The van der Waals surface area contributed by atoms with Crippen LogP contribution in [0.25, 0.3) is 0 Å². The molecule has 0 N–H and O–H groups in total. The van der Waals surface area contributed by atoms with Crippen molar-refractivity contribution >= 4 is 25.6 Å². The lowest BCUT2D eigenvalue weighted by atomic mass is 10.3. The predicted octanol–water partition coefficient (Wildman–Crippen LogP) is 2.47. The first-order valence-electron chi connectivity index (χ1n) is 5.35. The number of carbonyl (C=O) groups is 1. The van der Waals surface area contributed by atoms with Gasteiger partial charge in [-0.15, -0.1) is 0 Å². The zero-order chi connectivity index (χ0) is 13.1. The van der Waals surface area contributed by atoms with Crippen molar-refractivity contribution in [3.63, 3.8) is 0 Å². The molecule has 0 saturated carbocycles. The first-order valence-corrected chi connectivity index (χ1v) is 9.43. The van der Waals surface area contributed by atoms with Gasteiger partial charge in [0.25, 0.3) is 0 Å². The van der Waals surface area contributed by atoms with Gasteiger partial charge in [0, 0.05) is 14.1 Å². The van der Waals surface area contributed by atoms with Gasteiger partial charge >= 0.3 is 5.97 Å². The van der Waals surface area contributed by atoms with Crippen molar-refractivity contribution in [3.8, 4) is 0 Å². The fourth-order valence-corrected chi connectivity index (χ4v) is 2.04. The van der Waals surface area contributed by atoms with Crippen LogP contribution in [-0.4, -0.2) is 20.7 Å². The number of aromatic nitrogens is 1. The van der Waals surface area contributed by atoms with E-state index in [0.717, 1.165) is 12.2 Å². The second-order valence-electron chi connectivity index (χ2n) is 5.01. The quantitative estimate of drug-likeness (QED) is 0.366. The Kier molecular flexibility index (Phi) is 4.53. The van der Waals surface area contributed by atoms with Crippen LogP contribution in [0.3, 0.4) is 0 Å². The molecule has 0 aliphatic carbocycles. The number of carbonyl (C=O) groups excluding carboxylic acids is 1. The average molecular weight is 274 g/mol. The summed E-state index contributed by atoms with van der Waals surface area (Å²) in [6.45, 7) is 6.96. The molecule has 1 aromatic heterocycles. The number of ether oxygens (including phenoxy) is 1. The minimum Gasteiger partial charge on any atom is -0.619 e. The number of esters is 1. The zero-order valence-electron chi connectivity index (χ0n) is 10.2. The Hall–Kier alpha value is -1.07. The maximum atomic E-state index is 11.7. The maximum absolute atomic E-state index is 11.7. The van der Waals surface area contributed by atoms with Crippen molar-refractivity contribution in [1.82, 2.24) is 0 Å². The lowest BCUT2D eigenvalue weighted by molar-refractivity contribution is -0.605. The third-order valence-corrected chi connectivity index (χ3v) is 4.22. The van der Waals surface area contributed by atoms with Crippen LogP contribution in [0.1, 0.15) is 10.4 Å². The molecule has 0 bridgehead atoms. The lowest BCUT2D eigenvalue weighted by Gasteiger charge is -2.15. The largest absolute Gasteiger partial charge is 0.619 e. The maximum Gasteiger partial charge on any atom is 0.345 e. The highest BCUT2D eigenvalue weighted by Gasteiger charge is 2.18. The van der Waals surface area contributed by atoms with Crippen LogP contribution in [0.15, 0.2) is 18.5 Å². The van der Waals surface area contributed by atoms with Crippen molar-refractivity contribution in [1.29, 1.82) is 0 Å². The topological polar surface area (TPSA) is 53.2 Å². The van der Waals surface area contributed by atoms with Gasteiger partial charge in [-0.3, -0.25) is 0 Å². The van der Waals surface area contributed by atoms with E-state index in [1.807, 2.05) is 0 Å². The van der Waals surface area contributed by atoms with E-state index in [9.17, 15) is 10.0 Å². The Morgan fingerprint density at radius 2 is 2.18 bits per heavy atom. The van der Waals surface area contributed by atoms with Crippen molar-refractivity contribution in [3.05, 3.63) is 34.3 Å². The number of halogens is 1. The highest BCUT2D eigenvalue weighted by atomic mass is 35.5. The van der Waals surface area contributed by atoms with Crippen molar-refractivity contribution < 1.29 is 14.3 Å². The number of rotatable bonds is 4. The molecule has 0 unspecified atom stereocenters. The van der Waals surface area contributed by atoms with Gasteiger partial charge in [0.1, 0.15) is 5.56 Å². The molecule has 0 aliphatic heterocycles. The van der Waals surface area contributed by atoms with Gasteiger partial charge in [0.2, 0.25) is 0 Å². The summed E-state index contributed by atoms with van der Waals surface area (Å²) < 4.78 is 5.63. The zero-order valence-corrected chi connectivity index (χ0v) is 12.0. The SMILES string of the molecule is C[Si](C)(C)CCOC(=O)c1c[n+]([O-])ccc1Cl. The summed E-state index contributed by atoms with van der Waals surface area (Å²) in [5, 5.41) is 11.3. The van der Waals surface area contributed by atoms with Crippen molar-refractivity contribution in [2.45, 2.75) is 25.7 Å². The lowest BCUT2D eigenvalue weighted by Crippen LogP contribution is -2.27. The van der Waals surface area contributed by atoms with E-state index in [2.05, 4.69) is 19.6 Å². The summed E-state index contributed by atoms with van der Waals surface area (Å²) in [6.07, 6.45) is 2.36. The van der Waals surface area contributed by atoms with Crippen molar-refractivity contribution in [2.24, 2.45) is 0 Å². The van der Waals surface area contributed by atoms with E-state index in [-0.39, 0.29) is 10.6 Å². The fraction of sp³-hybridized carbons (Fsp3) is 0.455. The van der Waals surface area contributed by atoms with Crippen LogP contribution in [0.2, 0.25) is 30.7 Å². The molecule has 1 rings (SSSR count).